The summed E-state index contributed by atoms with van der Waals surface area (Å²) in [5.41, 5.74) is 0.342. The van der Waals surface area contributed by atoms with Gasteiger partial charge in [-0.1, -0.05) is 0 Å². The van der Waals surface area contributed by atoms with Gasteiger partial charge in [-0.05, 0) is 11.4 Å². The predicted molar refractivity (Wildman–Crippen MR) is 64.3 cm³/mol. The van der Waals surface area contributed by atoms with Gasteiger partial charge >= 0.3 is 5.97 Å². The first-order valence-corrected chi connectivity index (χ1v) is 5.86. The predicted octanol–water partition coefficient (Wildman–Crippen LogP) is 0.765. The molecule has 7 nitrogen and oxygen atoms in total. The second-order valence-corrected chi connectivity index (χ2v) is 4.21. The van der Waals surface area contributed by atoms with Gasteiger partial charge in [0.25, 0.3) is 0 Å². The van der Waals surface area contributed by atoms with Gasteiger partial charge < -0.3 is 10.1 Å². The maximum atomic E-state index is 11.7. The molecule has 2 heterocycles. The number of hydrogen-bond acceptors (Lipinski definition) is 6. The van der Waals surface area contributed by atoms with Crippen LogP contribution in [0.15, 0.2) is 24.1 Å². The lowest BCUT2D eigenvalue weighted by atomic mass is 10.3. The summed E-state index contributed by atoms with van der Waals surface area (Å²) in [6, 6.07) is 1.60. The van der Waals surface area contributed by atoms with Crippen LogP contribution in [0.2, 0.25) is 0 Å². The molecule has 0 atom stereocenters. The van der Waals surface area contributed by atoms with E-state index in [-0.39, 0.29) is 12.5 Å². The van der Waals surface area contributed by atoms with Crippen LogP contribution >= 0.6 is 11.3 Å². The topological polar surface area (TPSA) is 86.1 Å². The van der Waals surface area contributed by atoms with Crippen LogP contribution in [0, 0.1) is 0 Å². The summed E-state index contributed by atoms with van der Waals surface area (Å²) in [5.74, 6) is -0.764. The van der Waals surface area contributed by atoms with Crippen molar-refractivity contribution in [1.29, 1.82) is 0 Å². The molecule has 0 saturated carbocycles. The normalized spacial score (nSPS) is 10.1. The van der Waals surface area contributed by atoms with Crippen molar-refractivity contribution in [1.82, 2.24) is 14.8 Å². The molecule has 2 rings (SSSR count). The molecule has 0 spiro atoms. The maximum absolute atomic E-state index is 11.7. The van der Waals surface area contributed by atoms with Crippen LogP contribution in [0.25, 0.3) is 0 Å². The first-order chi connectivity index (χ1) is 8.70. The Morgan fingerprint density at radius 1 is 1.56 bits per heavy atom. The average Bonchev–Trinajstić information content (AvgIpc) is 2.99. The Hall–Kier alpha value is -2.22. The third kappa shape index (κ3) is 2.72. The molecule has 8 heteroatoms. The van der Waals surface area contributed by atoms with E-state index in [2.05, 4.69) is 20.1 Å². The summed E-state index contributed by atoms with van der Waals surface area (Å²) in [6.45, 7) is 0.0402. The fourth-order valence-corrected chi connectivity index (χ4v) is 2.10. The molecule has 0 aliphatic carbocycles. The molecule has 18 heavy (non-hydrogen) atoms. The molecule has 0 unspecified atom stereocenters. The molecule has 0 aromatic carbocycles. The van der Waals surface area contributed by atoms with E-state index >= 15 is 0 Å². The fourth-order valence-electron chi connectivity index (χ4n) is 1.30. The van der Waals surface area contributed by atoms with Gasteiger partial charge in [0.15, 0.2) is 0 Å². The van der Waals surface area contributed by atoms with Crippen molar-refractivity contribution in [3.63, 3.8) is 0 Å². The van der Waals surface area contributed by atoms with Crippen LogP contribution < -0.4 is 5.32 Å². The SMILES string of the molecule is COC(=O)c1ccsc1NC(=O)Cn1cncn1. The number of nitrogens with zero attached hydrogens (tertiary/aromatic N) is 3. The van der Waals surface area contributed by atoms with Crippen LogP contribution in [0.5, 0.6) is 0 Å². The van der Waals surface area contributed by atoms with Crippen molar-refractivity contribution >= 4 is 28.2 Å². The molecule has 0 saturated heterocycles. The third-order valence-corrected chi connectivity index (χ3v) is 2.93. The number of methoxy groups -OCH3 is 1. The number of anilines is 1. The highest BCUT2D eigenvalue weighted by Gasteiger charge is 2.15. The lowest BCUT2D eigenvalue weighted by molar-refractivity contribution is -0.116. The first kappa shape index (κ1) is 12.2. The number of rotatable bonds is 4. The second-order valence-electron chi connectivity index (χ2n) is 3.30. The van der Waals surface area contributed by atoms with Crippen molar-refractivity contribution in [3.8, 4) is 0 Å². The van der Waals surface area contributed by atoms with Crippen LogP contribution in [-0.4, -0.2) is 33.8 Å². The molecular weight excluding hydrogens is 256 g/mol. The highest BCUT2D eigenvalue weighted by molar-refractivity contribution is 7.14. The lowest BCUT2D eigenvalue weighted by Gasteiger charge is -2.04. The number of thiophene rings is 1. The number of hydrogen-bond donors (Lipinski definition) is 1. The highest BCUT2D eigenvalue weighted by Crippen LogP contribution is 2.23. The molecule has 0 aliphatic heterocycles. The van der Waals surface area contributed by atoms with Gasteiger partial charge in [-0.3, -0.25) is 4.79 Å². The fraction of sp³-hybridized carbons (Fsp3) is 0.200. The number of amides is 1. The second kappa shape index (κ2) is 5.41. The molecule has 0 aliphatic rings. The van der Waals surface area contributed by atoms with Crippen molar-refractivity contribution in [2.75, 3.05) is 12.4 Å². The van der Waals surface area contributed by atoms with Crippen LogP contribution in [0.1, 0.15) is 10.4 Å². The van der Waals surface area contributed by atoms with E-state index in [1.165, 1.54) is 35.8 Å². The Labute approximate surface area is 106 Å². The number of carbonyl (C=O) groups is 2. The van der Waals surface area contributed by atoms with Gasteiger partial charge in [-0.25, -0.2) is 14.5 Å². The first-order valence-electron chi connectivity index (χ1n) is 4.99. The van der Waals surface area contributed by atoms with Crippen molar-refractivity contribution in [2.45, 2.75) is 6.54 Å². The Bertz CT molecular complexity index is 549. The largest absolute Gasteiger partial charge is 0.465 e. The van der Waals surface area contributed by atoms with Crippen molar-refractivity contribution in [2.24, 2.45) is 0 Å². The van der Waals surface area contributed by atoms with E-state index in [4.69, 9.17) is 0 Å². The van der Waals surface area contributed by atoms with Gasteiger partial charge in [0.05, 0.1) is 12.7 Å². The summed E-state index contributed by atoms with van der Waals surface area (Å²) >= 11 is 1.26. The number of carbonyl (C=O) groups excluding carboxylic acids is 2. The van der Waals surface area contributed by atoms with Gasteiger partial charge in [0.1, 0.15) is 24.2 Å². The van der Waals surface area contributed by atoms with E-state index in [0.29, 0.717) is 10.6 Å². The Kier molecular flexibility index (Phi) is 3.68. The smallest absolute Gasteiger partial charge is 0.340 e. The average molecular weight is 266 g/mol. The summed E-state index contributed by atoms with van der Waals surface area (Å²) in [7, 11) is 1.29. The van der Waals surface area contributed by atoms with E-state index < -0.39 is 5.97 Å². The minimum atomic E-state index is -0.479. The Morgan fingerprint density at radius 2 is 2.39 bits per heavy atom. The molecule has 0 radical (unpaired) electrons. The molecule has 1 N–H and O–H groups in total. The number of esters is 1. The summed E-state index contributed by atoms with van der Waals surface area (Å²) in [6.07, 6.45) is 2.79. The Morgan fingerprint density at radius 3 is 3.06 bits per heavy atom. The van der Waals surface area contributed by atoms with Crippen LogP contribution in [0.3, 0.4) is 0 Å². The van der Waals surface area contributed by atoms with Gasteiger partial charge in [-0.2, -0.15) is 5.10 Å². The lowest BCUT2D eigenvalue weighted by Crippen LogP contribution is -2.19. The van der Waals surface area contributed by atoms with Crippen molar-refractivity contribution in [3.05, 3.63) is 29.7 Å². The van der Waals surface area contributed by atoms with Crippen molar-refractivity contribution < 1.29 is 14.3 Å². The van der Waals surface area contributed by atoms with Gasteiger partial charge in [0, 0.05) is 0 Å². The molecule has 0 bridgehead atoms. The summed E-state index contributed by atoms with van der Waals surface area (Å²) < 4.78 is 6.00. The molecule has 0 fully saturated rings. The van der Waals surface area contributed by atoms with Gasteiger partial charge in [0.2, 0.25) is 5.91 Å². The van der Waals surface area contributed by atoms with Gasteiger partial charge in [-0.15, -0.1) is 11.3 Å². The number of ether oxygens (including phenoxy) is 1. The molecular formula is C10H10N4O3S. The van der Waals surface area contributed by atoms with E-state index in [9.17, 15) is 9.59 Å². The maximum Gasteiger partial charge on any atom is 0.340 e. The zero-order valence-electron chi connectivity index (χ0n) is 9.49. The standard InChI is InChI=1S/C10H10N4O3S/c1-17-10(16)7-2-3-18-9(7)13-8(15)4-14-6-11-5-12-14/h2-3,5-6H,4H2,1H3,(H,13,15). The zero-order valence-corrected chi connectivity index (χ0v) is 10.3. The number of aromatic nitrogens is 3. The van der Waals surface area contributed by atoms with Crippen LogP contribution in [-0.2, 0) is 16.1 Å². The summed E-state index contributed by atoms with van der Waals surface area (Å²) in [4.78, 5) is 26.8. The third-order valence-electron chi connectivity index (χ3n) is 2.10. The minimum Gasteiger partial charge on any atom is -0.465 e. The minimum absolute atomic E-state index is 0.0402. The number of nitrogens with one attached hydrogen (secondary N) is 1. The van der Waals surface area contributed by atoms with E-state index in [1.54, 1.807) is 11.4 Å². The molecule has 1 amide bonds. The molecule has 94 valence electrons. The Balaban J connectivity index is 2.03. The summed E-state index contributed by atoms with van der Waals surface area (Å²) in [5, 5.41) is 8.62. The quantitative estimate of drug-likeness (QED) is 0.826. The monoisotopic (exact) mass is 266 g/mol. The van der Waals surface area contributed by atoms with Crippen LogP contribution in [0.4, 0.5) is 5.00 Å². The van der Waals surface area contributed by atoms with E-state index in [1.807, 2.05) is 0 Å². The molecule has 2 aromatic heterocycles. The zero-order chi connectivity index (χ0) is 13.0. The van der Waals surface area contributed by atoms with E-state index in [0.717, 1.165) is 0 Å². The highest BCUT2D eigenvalue weighted by atomic mass is 32.1. The molecule has 2 aromatic rings.